The number of rotatable bonds is 11. The van der Waals surface area contributed by atoms with Crippen molar-refractivity contribution in [2.75, 3.05) is 10.6 Å². The second kappa shape index (κ2) is 13.1. The zero-order valence-electron chi connectivity index (χ0n) is 21.0. The average Bonchev–Trinajstić information content (AvgIpc) is 3.67. The lowest BCUT2D eigenvalue weighted by Crippen LogP contribution is -2.41. The van der Waals surface area contributed by atoms with Crippen molar-refractivity contribution in [2.45, 2.75) is 25.6 Å². The fourth-order valence-corrected chi connectivity index (χ4v) is 5.21. The molecule has 12 heteroatoms. The summed E-state index contributed by atoms with van der Waals surface area (Å²) in [6.07, 6.45) is 5.59. The summed E-state index contributed by atoms with van der Waals surface area (Å²) in [6, 6.07) is 18.0. The number of hydrogen-bond donors (Lipinski definition) is 3. The Balaban J connectivity index is 1.38. The molecule has 0 aliphatic carbocycles. The van der Waals surface area contributed by atoms with Gasteiger partial charge in [0.05, 0.1) is 10.0 Å². The lowest BCUT2D eigenvalue weighted by molar-refractivity contribution is -0.122. The van der Waals surface area contributed by atoms with Crippen molar-refractivity contribution < 1.29 is 4.79 Å². The summed E-state index contributed by atoms with van der Waals surface area (Å²) < 4.78 is 1.77. The number of thiophene rings is 1. The molecule has 8 nitrogen and oxygen atoms in total. The molecule has 0 aliphatic rings. The normalized spacial score (nSPS) is 11.7. The van der Waals surface area contributed by atoms with Gasteiger partial charge in [-0.1, -0.05) is 59.1 Å². The van der Waals surface area contributed by atoms with Crippen LogP contribution in [-0.4, -0.2) is 31.5 Å². The lowest BCUT2D eigenvalue weighted by atomic mass is 10.1. The first-order valence-electron chi connectivity index (χ1n) is 12.3. The van der Waals surface area contributed by atoms with Crippen LogP contribution in [0.25, 0.3) is 5.82 Å². The predicted molar refractivity (Wildman–Crippen MR) is 162 cm³/mol. The van der Waals surface area contributed by atoms with E-state index in [0.29, 0.717) is 52.2 Å². The molecule has 1 atom stereocenters. The number of carbonyl (C=O) groups excluding carboxylic acids is 1. The van der Waals surface area contributed by atoms with E-state index in [1.807, 2.05) is 47.8 Å². The maximum atomic E-state index is 13.4. The van der Waals surface area contributed by atoms with E-state index in [1.54, 1.807) is 52.8 Å². The number of benzene rings is 2. The van der Waals surface area contributed by atoms with Crippen LogP contribution in [0.5, 0.6) is 0 Å². The Morgan fingerprint density at radius 1 is 0.950 bits per heavy atom. The van der Waals surface area contributed by atoms with Crippen LogP contribution in [0.2, 0.25) is 15.1 Å². The van der Waals surface area contributed by atoms with Crippen molar-refractivity contribution >= 4 is 63.8 Å². The number of amides is 1. The number of carbonyl (C=O) groups is 1. The Bertz CT molecular complexity index is 1580. The number of halogens is 3. The Hall–Kier alpha value is -3.63. The van der Waals surface area contributed by atoms with Gasteiger partial charge in [0, 0.05) is 47.9 Å². The summed E-state index contributed by atoms with van der Waals surface area (Å²) in [5.74, 6) is 1.28. The van der Waals surface area contributed by atoms with E-state index in [-0.39, 0.29) is 5.91 Å². The lowest BCUT2D eigenvalue weighted by Gasteiger charge is -2.20. The van der Waals surface area contributed by atoms with Crippen LogP contribution < -0.4 is 16.0 Å². The van der Waals surface area contributed by atoms with Gasteiger partial charge in [-0.25, -0.2) is 4.98 Å². The van der Waals surface area contributed by atoms with E-state index < -0.39 is 6.04 Å². The summed E-state index contributed by atoms with van der Waals surface area (Å²) >= 11 is 19.9. The number of nitrogens with zero attached hydrogens (tertiary/aromatic N) is 4. The van der Waals surface area contributed by atoms with Crippen LogP contribution in [0.3, 0.4) is 0 Å². The van der Waals surface area contributed by atoms with E-state index in [0.717, 1.165) is 16.0 Å². The van der Waals surface area contributed by atoms with Gasteiger partial charge in [0.2, 0.25) is 11.9 Å². The zero-order valence-corrected chi connectivity index (χ0v) is 24.1. The van der Waals surface area contributed by atoms with Gasteiger partial charge in [-0.15, -0.1) is 11.3 Å². The van der Waals surface area contributed by atoms with Crippen molar-refractivity contribution in [3.63, 3.8) is 0 Å². The van der Waals surface area contributed by atoms with E-state index in [4.69, 9.17) is 34.8 Å². The Kier molecular flexibility index (Phi) is 9.18. The van der Waals surface area contributed by atoms with Crippen LogP contribution in [-0.2, 0) is 24.3 Å². The van der Waals surface area contributed by atoms with Crippen LogP contribution in [0.1, 0.15) is 16.0 Å². The molecule has 0 radical (unpaired) electrons. The van der Waals surface area contributed by atoms with E-state index in [2.05, 4.69) is 30.9 Å². The smallest absolute Gasteiger partial charge is 0.243 e. The molecule has 5 aromatic rings. The summed E-state index contributed by atoms with van der Waals surface area (Å²) in [6.45, 7) is 0.769. The Morgan fingerprint density at radius 2 is 1.82 bits per heavy atom. The van der Waals surface area contributed by atoms with Crippen molar-refractivity contribution in [3.8, 4) is 5.82 Å². The SMILES string of the molecule is O=C(NCc1ccc(Cl)c(Cl)c1)[C@@H](Cc1cccs1)Nc1cc(-n2ccnc2)nc(NCc2cccc(Cl)c2)n1. The van der Waals surface area contributed by atoms with Gasteiger partial charge < -0.3 is 16.0 Å². The quantitative estimate of drug-likeness (QED) is 0.155. The molecule has 0 fully saturated rings. The van der Waals surface area contributed by atoms with Crippen LogP contribution >= 0.6 is 46.1 Å². The van der Waals surface area contributed by atoms with Gasteiger partial charge in [0.1, 0.15) is 24.0 Å². The number of anilines is 2. The number of aromatic nitrogens is 4. The molecule has 3 heterocycles. The summed E-state index contributed by atoms with van der Waals surface area (Å²) in [7, 11) is 0. The highest BCUT2D eigenvalue weighted by atomic mass is 35.5. The number of imidazole rings is 1. The molecule has 0 saturated heterocycles. The molecule has 0 unspecified atom stereocenters. The molecule has 0 aliphatic heterocycles. The molecule has 0 saturated carbocycles. The van der Waals surface area contributed by atoms with E-state index >= 15 is 0 Å². The molecule has 3 N–H and O–H groups in total. The third-order valence-corrected chi connectivity index (χ3v) is 7.77. The molecule has 0 bridgehead atoms. The minimum absolute atomic E-state index is 0.185. The topological polar surface area (TPSA) is 96.8 Å². The first kappa shape index (κ1) is 27.9. The fraction of sp³-hybridized carbons (Fsp3) is 0.143. The highest BCUT2D eigenvalue weighted by Gasteiger charge is 2.21. The van der Waals surface area contributed by atoms with Gasteiger partial charge in [-0.3, -0.25) is 9.36 Å². The van der Waals surface area contributed by atoms with Crippen molar-refractivity contribution in [1.29, 1.82) is 0 Å². The van der Waals surface area contributed by atoms with Gasteiger partial charge in [-0.2, -0.15) is 9.97 Å². The van der Waals surface area contributed by atoms with Gasteiger partial charge in [0.15, 0.2) is 0 Å². The fourth-order valence-electron chi connectivity index (χ4n) is 3.92. The van der Waals surface area contributed by atoms with Crippen LogP contribution in [0.4, 0.5) is 11.8 Å². The van der Waals surface area contributed by atoms with Crippen molar-refractivity contribution in [1.82, 2.24) is 24.8 Å². The van der Waals surface area contributed by atoms with Crippen LogP contribution in [0.15, 0.2) is 84.8 Å². The minimum Gasteiger partial charge on any atom is -0.358 e. The summed E-state index contributed by atoms with van der Waals surface area (Å²) in [4.78, 5) is 27.9. The van der Waals surface area contributed by atoms with E-state index in [9.17, 15) is 4.79 Å². The van der Waals surface area contributed by atoms with E-state index in [1.165, 1.54) is 0 Å². The summed E-state index contributed by atoms with van der Waals surface area (Å²) in [5, 5.41) is 13.1. The molecule has 0 spiro atoms. The molecule has 2 aromatic carbocycles. The van der Waals surface area contributed by atoms with Gasteiger partial charge in [0.25, 0.3) is 0 Å². The standard InChI is InChI=1S/C28H24Cl3N7OS/c29-20-4-1-3-18(11-20)16-34-28-36-25(14-26(37-28)38-9-8-32-17-38)35-24(13-21-5-2-10-40-21)27(39)33-15-19-6-7-22(30)23(31)12-19/h1-12,14,17,24H,13,15-16H2,(H,33,39)(H2,34,35,36,37)/t24-/m1/s1. The zero-order chi connectivity index (χ0) is 27.9. The Morgan fingerprint density at radius 3 is 2.58 bits per heavy atom. The molecular formula is C28H24Cl3N7OS. The average molecular weight is 613 g/mol. The third kappa shape index (κ3) is 7.51. The van der Waals surface area contributed by atoms with Gasteiger partial charge >= 0.3 is 0 Å². The Labute approximate surface area is 250 Å². The second-order valence-corrected chi connectivity index (χ2v) is 11.1. The molecule has 204 valence electrons. The first-order chi connectivity index (χ1) is 19.4. The highest BCUT2D eigenvalue weighted by molar-refractivity contribution is 7.09. The molecular weight excluding hydrogens is 589 g/mol. The number of hydrogen-bond acceptors (Lipinski definition) is 7. The monoisotopic (exact) mass is 611 g/mol. The third-order valence-electron chi connectivity index (χ3n) is 5.90. The minimum atomic E-state index is -0.604. The second-order valence-electron chi connectivity index (χ2n) is 8.84. The number of nitrogens with one attached hydrogen (secondary N) is 3. The molecule has 1 amide bonds. The van der Waals surface area contributed by atoms with Crippen molar-refractivity contribution in [3.05, 3.63) is 116 Å². The highest BCUT2D eigenvalue weighted by Crippen LogP contribution is 2.23. The van der Waals surface area contributed by atoms with Gasteiger partial charge in [-0.05, 0) is 46.8 Å². The molecule has 40 heavy (non-hydrogen) atoms. The first-order valence-corrected chi connectivity index (χ1v) is 14.3. The maximum Gasteiger partial charge on any atom is 0.243 e. The molecule has 5 rings (SSSR count). The summed E-state index contributed by atoms with van der Waals surface area (Å²) in [5.41, 5.74) is 1.82. The maximum absolute atomic E-state index is 13.4. The largest absolute Gasteiger partial charge is 0.358 e. The van der Waals surface area contributed by atoms with Crippen molar-refractivity contribution in [2.24, 2.45) is 0 Å². The molecule has 3 aromatic heterocycles. The predicted octanol–water partition coefficient (Wildman–Crippen LogP) is 6.64. The van der Waals surface area contributed by atoms with Crippen LogP contribution in [0, 0.1) is 0 Å².